The maximum atomic E-state index is 13.4. The lowest BCUT2D eigenvalue weighted by Crippen LogP contribution is -2.50. The Labute approximate surface area is 196 Å². The van der Waals surface area contributed by atoms with Gasteiger partial charge in [-0.15, -0.1) is 12.4 Å². The molecule has 4 nitrogen and oxygen atoms in total. The minimum Gasteiger partial charge on any atom is -0.300 e. The smallest absolute Gasteiger partial charge is 0.300 e. The summed E-state index contributed by atoms with van der Waals surface area (Å²) in [5.41, 5.74) is 0.246. The summed E-state index contributed by atoms with van der Waals surface area (Å²) in [5, 5.41) is 0. The molecule has 1 amide bonds. The molecule has 3 aliphatic heterocycles. The number of rotatable bonds is 3. The van der Waals surface area contributed by atoms with Crippen molar-refractivity contribution in [2.24, 2.45) is 0 Å². The van der Waals surface area contributed by atoms with Crippen molar-refractivity contribution in [2.75, 3.05) is 37.6 Å². The Morgan fingerprint density at radius 1 is 1.03 bits per heavy atom. The average Bonchev–Trinajstić information content (AvgIpc) is 3.22. The van der Waals surface area contributed by atoms with Gasteiger partial charge < -0.3 is 0 Å². The van der Waals surface area contributed by atoms with E-state index >= 15 is 0 Å². The van der Waals surface area contributed by atoms with Gasteiger partial charge in [0.05, 0.1) is 16.9 Å². The molecule has 0 aromatic heterocycles. The molecule has 0 N–H and O–H groups in total. The maximum Gasteiger partial charge on any atom is 0.416 e. The highest BCUT2D eigenvalue weighted by Crippen LogP contribution is 2.49. The summed E-state index contributed by atoms with van der Waals surface area (Å²) in [7, 11) is 0. The van der Waals surface area contributed by atoms with Gasteiger partial charge in [-0.2, -0.15) is 13.2 Å². The van der Waals surface area contributed by atoms with Gasteiger partial charge in [0.1, 0.15) is 0 Å². The Balaban J connectivity index is 0.00000245. The number of para-hydroxylation sites is 1. The summed E-state index contributed by atoms with van der Waals surface area (Å²) in [6.45, 7) is 4.72. The molecule has 32 heavy (non-hydrogen) atoms. The van der Waals surface area contributed by atoms with Crippen molar-refractivity contribution in [1.82, 2.24) is 9.80 Å². The van der Waals surface area contributed by atoms with Crippen LogP contribution >= 0.6 is 24.2 Å². The standard InChI is InChI=1S/C23H24F3N3OS.ClH/c24-23(25,26)16-7-8-21-19(14-16)29(18-5-1-2-6-20(18)31-21)22(30)9-11-27-12-13-28-10-3-4-17(28)15-27;/h1-2,5-8,14,17H,3-4,9-13,15H2;1H. The lowest BCUT2D eigenvalue weighted by Gasteiger charge is -2.38. The number of amides is 1. The Morgan fingerprint density at radius 3 is 2.62 bits per heavy atom. The third-order valence-electron chi connectivity index (χ3n) is 6.42. The second-order valence-corrected chi connectivity index (χ2v) is 9.45. The van der Waals surface area contributed by atoms with Gasteiger partial charge in [-0.25, -0.2) is 0 Å². The number of hydrogen-bond acceptors (Lipinski definition) is 4. The molecule has 2 saturated heterocycles. The number of fused-ring (bicyclic) bond motifs is 3. The van der Waals surface area contributed by atoms with Crippen LogP contribution in [0.5, 0.6) is 0 Å². The van der Waals surface area contributed by atoms with Crippen LogP contribution in [0.3, 0.4) is 0 Å². The third-order valence-corrected chi connectivity index (χ3v) is 7.55. The number of nitrogens with zero attached hydrogens (tertiary/aromatic N) is 3. The number of carbonyl (C=O) groups excluding carboxylic acids is 1. The fourth-order valence-electron chi connectivity index (χ4n) is 4.82. The molecular weight excluding hydrogens is 459 g/mol. The predicted octanol–water partition coefficient (Wildman–Crippen LogP) is 5.43. The van der Waals surface area contributed by atoms with Crippen molar-refractivity contribution >= 4 is 41.5 Å². The van der Waals surface area contributed by atoms with Crippen molar-refractivity contribution in [1.29, 1.82) is 0 Å². The molecule has 0 saturated carbocycles. The number of carbonyl (C=O) groups is 1. The first-order valence-electron chi connectivity index (χ1n) is 10.7. The van der Waals surface area contributed by atoms with E-state index in [1.165, 1.54) is 35.6 Å². The predicted molar refractivity (Wildman–Crippen MR) is 122 cm³/mol. The second-order valence-electron chi connectivity index (χ2n) is 8.36. The van der Waals surface area contributed by atoms with Crippen molar-refractivity contribution < 1.29 is 18.0 Å². The summed E-state index contributed by atoms with van der Waals surface area (Å²) in [4.78, 5) is 21.2. The zero-order valence-corrected chi connectivity index (χ0v) is 19.1. The fourth-order valence-corrected chi connectivity index (χ4v) is 5.86. The lowest BCUT2D eigenvalue weighted by atomic mass is 10.1. The average molecular weight is 484 g/mol. The number of alkyl halides is 3. The molecule has 1 unspecified atom stereocenters. The van der Waals surface area contributed by atoms with Crippen LogP contribution in [0.15, 0.2) is 52.3 Å². The summed E-state index contributed by atoms with van der Waals surface area (Å²) in [5.74, 6) is -0.165. The minimum absolute atomic E-state index is 0. The Kier molecular flexibility index (Phi) is 6.77. The maximum absolute atomic E-state index is 13.4. The van der Waals surface area contributed by atoms with E-state index in [1.54, 1.807) is 6.07 Å². The van der Waals surface area contributed by atoms with Crippen LogP contribution in [0, 0.1) is 0 Å². The highest BCUT2D eigenvalue weighted by molar-refractivity contribution is 7.99. The van der Waals surface area contributed by atoms with E-state index in [-0.39, 0.29) is 24.7 Å². The monoisotopic (exact) mass is 483 g/mol. The molecule has 5 rings (SSSR count). The van der Waals surface area contributed by atoms with Crippen LogP contribution in [-0.4, -0.2) is 54.5 Å². The zero-order valence-electron chi connectivity index (χ0n) is 17.5. The van der Waals surface area contributed by atoms with Crippen LogP contribution < -0.4 is 4.90 Å². The van der Waals surface area contributed by atoms with Gasteiger partial charge in [0.2, 0.25) is 5.91 Å². The van der Waals surface area contributed by atoms with Crippen LogP contribution in [-0.2, 0) is 11.0 Å². The number of hydrogen-bond donors (Lipinski definition) is 0. The molecule has 0 aliphatic carbocycles. The third kappa shape index (κ3) is 4.51. The molecule has 9 heteroatoms. The van der Waals surface area contributed by atoms with Gasteiger partial charge >= 0.3 is 6.18 Å². The summed E-state index contributed by atoms with van der Waals surface area (Å²) < 4.78 is 40.1. The molecule has 3 heterocycles. The van der Waals surface area contributed by atoms with Crippen molar-refractivity contribution in [2.45, 2.75) is 41.3 Å². The second kappa shape index (κ2) is 9.25. The highest BCUT2D eigenvalue weighted by atomic mass is 35.5. The topological polar surface area (TPSA) is 26.8 Å². The molecular formula is C23H25ClF3N3OS. The normalized spacial score (nSPS) is 20.8. The largest absolute Gasteiger partial charge is 0.416 e. The number of anilines is 2. The van der Waals surface area contributed by atoms with E-state index in [9.17, 15) is 18.0 Å². The van der Waals surface area contributed by atoms with Crippen LogP contribution in [0.2, 0.25) is 0 Å². The zero-order chi connectivity index (χ0) is 21.6. The van der Waals surface area contributed by atoms with Crippen LogP contribution in [0.25, 0.3) is 0 Å². The summed E-state index contributed by atoms with van der Waals surface area (Å²) >= 11 is 1.40. The highest BCUT2D eigenvalue weighted by Gasteiger charge is 2.35. The Hall–Kier alpha value is -1.74. The van der Waals surface area contributed by atoms with Gasteiger partial charge in [0.15, 0.2) is 0 Å². The van der Waals surface area contributed by atoms with E-state index in [1.807, 2.05) is 18.2 Å². The minimum atomic E-state index is -4.45. The van der Waals surface area contributed by atoms with E-state index in [4.69, 9.17) is 0 Å². The molecule has 1 atom stereocenters. The number of halogens is 4. The van der Waals surface area contributed by atoms with Crippen LogP contribution in [0.1, 0.15) is 24.8 Å². The van der Waals surface area contributed by atoms with Crippen molar-refractivity contribution in [3.05, 3.63) is 48.0 Å². The first-order chi connectivity index (χ1) is 14.9. The van der Waals surface area contributed by atoms with E-state index < -0.39 is 11.7 Å². The van der Waals surface area contributed by atoms with Crippen LogP contribution in [0.4, 0.5) is 24.5 Å². The van der Waals surface area contributed by atoms with E-state index in [2.05, 4.69) is 9.80 Å². The fraction of sp³-hybridized carbons (Fsp3) is 0.435. The van der Waals surface area contributed by atoms with E-state index in [0.29, 0.717) is 28.9 Å². The van der Waals surface area contributed by atoms with Crippen molar-refractivity contribution in [3.63, 3.8) is 0 Å². The van der Waals surface area contributed by atoms with Gasteiger partial charge in [0, 0.05) is 48.4 Å². The number of benzene rings is 2. The number of piperazine rings is 1. The van der Waals surface area contributed by atoms with E-state index in [0.717, 1.165) is 43.2 Å². The Morgan fingerprint density at radius 2 is 1.81 bits per heavy atom. The molecule has 2 fully saturated rings. The van der Waals surface area contributed by atoms with Gasteiger partial charge in [-0.1, -0.05) is 23.9 Å². The lowest BCUT2D eigenvalue weighted by molar-refractivity contribution is -0.137. The molecule has 0 bridgehead atoms. The van der Waals surface area contributed by atoms with Crippen molar-refractivity contribution in [3.8, 4) is 0 Å². The summed E-state index contributed by atoms with van der Waals surface area (Å²) in [6.07, 6.45) is -1.74. The summed E-state index contributed by atoms with van der Waals surface area (Å²) in [6, 6.07) is 11.6. The molecule has 0 spiro atoms. The SMILES string of the molecule is Cl.O=C(CCN1CCN2CCCC2C1)N1c2ccccc2Sc2ccc(C(F)(F)F)cc21. The first-order valence-corrected chi connectivity index (χ1v) is 11.5. The van der Waals surface area contributed by atoms with Gasteiger partial charge in [-0.05, 0) is 49.7 Å². The van der Waals surface area contributed by atoms with Gasteiger partial charge in [0.25, 0.3) is 0 Å². The first kappa shape index (κ1) is 23.4. The molecule has 2 aromatic rings. The molecule has 3 aliphatic rings. The molecule has 172 valence electrons. The van der Waals surface area contributed by atoms with Gasteiger partial charge in [-0.3, -0.25) is 19.5 Å². The Bertz CT molecular complexity index is 1000. The molecule has 2 aromatic carbocycles. The quantitative estimate of drug-likeness (QED) is 0.582. The molecule has 0 radical (unpaired) electrons.